The van der Waals surface area contributed by atoms with Crippen molar-refractivity contribution in [3.05, 3.63) is 0 Å². The second-order valence-corrected chi connectivity index (χ2v) is 40.3. The van der Waals surface area contributed by atoms with E-state index in [0.717, 1.165) is 134 Å². The minimum atomic E-state index is -0.687. The van der Waals surface area contributed by atoms with Crippen LogP contribution >= 0.6 is 0 Å². The van der Waals surface area contributed by atoms with Crippen molar-refractivity contribution in [3.63, 3.8) is 0 Å². The number of carbonyl (C=O) groups is 7. The van der Waals surface area contributed by atoms with Gasteiger partial charge in [0, 0.05) is 0 Å². The van der Waals surface area contributed by atoms with Crippen molar-refractivity contribution in [3.8, 4) is 0 Å². The molecule has 0 radical (unpaired) electrons. The van der Waals surface area contributed by atoms with Gasteiger partial charge in [-0.25, -0.2) is 33.6 Å². The summed E-state index contributed by atoms with van der Waals surface area (Å²) in [6, 6.07) is 0. The van der Waals surface area contributed by atoms with Gasteiger partial charge >= 0.3 is 43.1 Å². The van der Waals surface area contributed by atoms with Crippen molar-refractivity contribution in [2.45, 2.75) is 542 Å². The molecule has 0 bridgehead atoms. The van der Waals surface area contributed by atoms with Crippen LogP contribution in [-0.4, -0.2) is 214 Å². The number of aliphatic hydroxyl groups is 7. The Morgan fingerprint density at radius 1 is 0.149 bits per heavy atom. The summed E-state index contributed by atoms with van der Waals surface area (Å²) >= 11 is 0. The van der Waals surface area contributed by atoms with E-state index in [4.69, 9.17) is 102 Å². The zero-order chi connectivity index (χ0) is 108. The normalized spacial score (nSPS) is 14.1. The highest BCUT2D eigenvalue weighted by Gasteiger charge is 2.22. The molecular weight excluding hydrogens is 1810 g/mol. The molecule has 15 unspecified atom stereocenters. The first kappa shape index (κ1) is 149. The molecule has 28 nitrogen and oxygen atoms in total. The summed E-state index contributed by atoms with van der Waals surface area (Å²) in [5.74, 6) is 4.48. The number of aliphatic hydroxyl groups excluding tert-OH is 7. The summed E-state index contributed by atoms with van der Waals surface area (Å²) in [5.41, 5.74) is 0. The lowest BCUT2D eigenvalue weighted by Crippen LogP contribution is -2.19. The zero-order valence-corrected chi connectivity index (χ0v) is 94.8. The van der Waals surface area contributed by atoms with Crippen LogP contribution in [-0.2, 0) is 66.3 Å². The van der Waals surface area contributed by atoms with Gasteiger partial charge in [-0.2, -0.15) is 0 Å². The van der Waals surface area contributed by atoms with E-state index in [2.05, 4.69) is 111 Å². The fraction of sp³-hybridized carbons (Fsp3) is 0.938. The Morgan fingerprint density at radius 2 is 0.291 bits per heavy atom. The molecule has 846 valence electrons. The van der Waals surface area contributed by atoms with Gasteiger partial charge in [-0.15, -0.1) is 0 Å². The number of hydrogen-bond acceptors (Lipinski definition) is 28. The fourth-order valence-electron chi connectivity index (χ4n) is 14.6. The predicted molar refractivity (Wildman–Crippen MR) is 570 cm³/mol. The van der Waals surface area contributed by atoms with Crippen LogP contribution in [0.4, 0.5) is 33.6 Å². The molecule has 0 aromatic heterocycles. The lowest BCUT2D eigenvalue weighted by atomic mass is 9.93. The minimum Gasteiger partial charge on any atom is -0.434 e. The van der Waals surface area contributed by atoms with E-state index in [-0.39, 0.29) is 46.2 Å². The Kier molecular flexibility index (Phi) is 121. The molecule has 0 aromatic rings. The Labute approximate surface area is 862 Å². The summed E-state index contributed by atoms with van der Waals surface area (Å²) in [6.07, 6.45) is 54.1. The van der Waals surface area contributed by atoms with Gasteiger partial charge in [0.2, 0.25) is 0 Å². The quantitative estimate of drug-likeness (QED) is 0.0169. The van der Waals surface area contributed by atoms with Crippen LogP contribution in [0.5, 0.6) is 0 Å². The second kappa shape index (κ2) is 115. The van der Waals surface area contributed by atoms with E-state index in [0.29, 0.717) is 87.7 Å². The van der Waals surface area contributed by atoms with Gasteiger partial charge in [0.25, 0.3) is 0 Å². The average molecular weight is 2030 g/mol. The fourth-order valence-corrected chi connectivity index (χ4v) is 14.6. The van der Waals surface area contributed by atoms with Gasteiger partial charge in [0.05, 0.1) is 89.0 Å². The van der Waals surface area contributed by atoms with E-state index in [1.54, 1.807) is 48.5 Å². The van der Waals surface area contributed by atoms with Gasteiger partial charge in [-0.3, -0.25) is 0 Å². The summed E-state index contributed by atoms with van der Waals surface area (Å²) in [5, 5.41) is 63.2. The molecular formula is C113H226O28. The maximum absolute atomic E-state index is 11.3. The molecule has 0 saturated carbocycles. The highest BCUT2D eigenvalue weighted by Crippen LogP contribution is 2.26. The first-order valence-corrected chi connectivity index (χ1v) is 56.7. The molecule has 7 N–H and O–H groups in total. The smallest absolute Gasteiger partial charge is 0.434 e. The maximum atomic E-state index is 11.3. The number of ether oxygens (including phenoxy) is 14. The Hall–Kier alpha value is -5.39. The lowest BCUT2D eigenvalue weighted by molar-refractivity contribution is 0.0150. The number of rotatable bonds is 83. The van der Waals surface area contributed by atoms with Crippen LogP contribution in [0, 0.1) is 53.3 Å². The Balaban J connectivity index is -0.000000297. The van der Waals surface area contributed by atoms with E-state index >= 15 is 0 Å². The minimum absolute atomic E-state index is 0.00500. The Morgan fingerprint density at radius 3 is 0.440 bits per heavy atom. The van der Waals surface area contributed by atoms with E-state index in [1.165, 1.54) is 218 Å². The molecule has 0 rings (SSSR count). The summed E-state index contributed by atoms with van der Waals surface area (Å²) in [7, 11) is 0. The van der Waals surface area contributed by atoms with Crippen LogP contribution < -0.4 is 0 Å². The van der Waals surface area contributed by atoms with Crippen LogP contribution in [0.1, 0.15) is 500 Å². The van der Waals surface area contributed by atoms with Crippen molar-refractivity contribution in [1.29, 1.82) is 0 Å². The van der Waals surface area contributed by atoms with Gasteiger partial charge in [-0.05, 0) is 185 Å². The van der Waals surface area contributed by atoms with Gasteiger partial charge in [-0.1, -0.05) is 368 Å². The largest absolute Gasteiger partial charge is 0.508 e. The molecule has 0 spiro atoms. The SMILES string of the molecule is CC(C)CCCC(C)CCC(C)COC(=O)OCC(C)O.CCCCCCC(CCCC)COC(=O)OCC(C)O.CCCCCCC(CCCC)COC(=O)OCC(C)O.CCCCCCC(CCCC)COC(=O)OCC(C)O.CCCCCCC(CCCC)COC(=O)OCC(C)O.CCCCCCC(CCCC)COC(=O)OCC(C)O.CCCCCCC(CCCC)COC(=O)OCC(C)O. The number of carbonyl (C=O) groups excluding carboxylic acids is 7. The van der Waals surface area contributed by atoms with Gasteiger partial charge in [0.1, 0.15) is 46.2 Å². The average Bonchev–Trinajstić information content (AvgIpc) is 0.984. The number of unbranched alkanes of at least 4 members (excludes halogenated alkanes) is 24. The first-order chi connectivity index (χ1) is 67.4. The van der Waals surface area contributed by atoms with Gasteiger partial charge in [0.15, 0.2) is 0 Å². The third-order valence-corrected chi connectivity index (χ3v) is 23.4. The van der Waals surface area contributed by atoms with Crippen molar-refractivity contribution in [2.75, 3.05) is 92.5 Å². The molecule has 28 heteroatoms. The van der Waals surface area contributed by atoms with Crippen LogP contribution in [0.3, 0.4) is 0 Å². The molecule has 0 saturated heterocycles. The van der Waals surface area contributed by atoms with E-state index < -0.39 is 85.8 Å². The van der Waals surface area contributed by atoms with Crippen molar-refractivity contribution in [2.24, 2.45) is 53.3 Å². The monoisotopic (exact) mass is 2030 g/mol. The molecule has 0 heterocycles. The standard InChI is InChI=1S/C17H34O4.6C16H32O4/c1-13(2)7-6-8-14(3)9-10-15(4)11-20-17(19)21-12-16(5)18;6*1-4-6-8-9-11-15(10-7-5-2)13-20-16(18)19-12-14(3)17/h13-16,18H,6-12H2,1-5H3;6*14-15,17H,4-13H2,1-3H3. The van der Waals surface area contributed by atoms with E-state index in [9.17, 15) is 33.6 Å². The van der Waals surface area contributed by atoms with Crippen LogP contribution in [0.25, 0.3) is 0 Å². The maximum Gasteiger partial charge on any atom is 0.508 e. The molecule has 0 aliphatic carbocycles. The summed E-state index contributed by atoms with van der Waals surface area (Å²) in [4.78, 5) is 79.3. The molecule has 0 fully saturated rings. The van der Waals surface area contributed by atoms with Crippen molar-refractivity contribution < 1.29 is 136 Å². The van der Waals surface area contributed by atoms with Crippen molar-refractivity contribution >= 4 is 43.1 Å². The first-order valence-electron chi connectivity index (χ1n) is 56.7. The second-order valence-electron chi connectivity index (χ2n) is 40.3. The van der Waals surface area contributed by atoms with Gasteiger partial charge < -0.3 is 102 Å². The van der Waals surface area contributed by atoms with Crippen LogP contribution in [0.2, 0.25) is 0 Å². The summed E-state index contributed by atoms with van der Waals surface area (Å²) in [6.45, 7) is 49.1. The summed E-state index contributed by atoms with van der Waals surface area (Å²) < 4.78 is 69.3. The van der Waals surface area contributed by atoms with E-state index in [1.807, 2.05) is 0 Å². The highest BCUT2D eigenvalue weighted by molar-refractivity contribution is 5.62. The topological polar surface area (TPSA) is 390 Å². The predicted octanol–water partition coefficient (Wildman–Crippen LogP) is 30.2. The van der Waals surface area contributed by atoms with Crippen LogP contribution in [0.15, 0.2) is 0 Å². The molecule has 0 aliphatic heterocycles. The third kappa shape index (κ3) is 129. The molecule has 0 aromatic carbocycles. The third-order valence-electron chi connectivity index (χ3n) is 23.4. The number of hydrogen-bond donors (Lipinski definition) is 7. The molecule has 15 atom stereocenters. The molecule has 0 aliphatic rings. The highest BCUT2D eigenvalue weighted by atomic mass is 16.8. The van der Waals surface area contributed by atoms with Crippen molar-refractivity contribution in [1.82, 2.24) is 0 Å². The lowest BCUT2D eigenvalue weighted by Gasteiger charge is -2.16. The molecule has 141 heavy (non-hydrogen) atoms. The zero-order valence-electron chi connectivity index (χ0n) is 94.8. The molecule has 0 amide bonds. The Bertz CT molecular complexity index is 2220.